The maximum atomic E-state index is 13.3. The zero-order valence-corrected chi connectivity index (χ0v) is 22.6. The van der Waals surface area contributed by atoms with E-state index in [-0.39, 0.29) is 6.61 Å². The van der Waals surface area contributed by atoms with Crippen LogP contribution < -0.4 is 16.4 Å². The quantitative estimate of drug-likeness (QED) is 0.138. The number of benzene rings is 2. The van der Waals surface area contributed by atoms with E-state index in [1.807, 2.05) is 23.7 Å². The first-order valence-corrected chi connectivity index (χ1v) is 13.2. The molecule has 5 rings (SSSR count). The molecule has 14 heteroatoms. The van der Waals surface area contributed by atoms with Crippen molar-refractivity contribution in [1.29, 1.82) is 0 Å². The molecule has 0 spiro atoms. The number of aliphatic hydroxyl groups is 1. The van der Waals surface area contributed by atoms with Gasteiger partial charge in [-0.1, -0.05) is 18.2 Å². The van der Waals surface area contributed by atoms with Gasteiger partial charge in [-0.15, -0.1) is 11.3 Å². The number of amides is 2. The fraction of sp³-hybridized carbons (Fsp3) is 0.107. The molecule has 3 aromatic heterocycles. The molecule has 0 aliphatic heterocycles. The Morgan fingerprint density at radius 2 is 1.67 bits per heavy atom. The van der Waals surface area contributed by atoms with Crippen molar-refractivity contribution < 1.29 is 34.1 Å². The van der Waals surface area contributed by atoms with Gasteiger partial charge < -0.3 is 31.7 Å². The highest BCUT2D eigenvalue weighted by Gasteiger charge is 2.16. The summed E-state index contributed by atoms with van der Waals surface area (Å²) in [5.41, 5.74) is 10.9. The number of nitrogens with zero attached hydrogens (tertiary/aromatic N) is 3. The zero-order chi connectivity index (χ0) is 30.2. The van der Waals surface area contributed by atoms with Crippen LogP contribution in [0.4, 0.5) is 26.4 Å². The number of hydrogen-bond acceptors (Lipinski definition) is 8. The van der Waals surface area contributed by atoms with Gasteiger partial charge in [0.15, 0.2) is 0 Å². The molecule has 216 valence electrons. The molecule has 2 aromatic carbocycles. The number of nitrogen functional groups attached to an aromatic ring is 1. The van der Waals surface area contributed by atoms with E-state index in [9.17, 15) is 18.8 Å². The number of fused-ring (bicyclic) bond motifs is 1. The van der Waals surface area contributed by atoms with Crippen LogP contribution in [0, 0.1) is 5.82 Å². The Balaban J connectivity index is 0.000000517. The maximum Gasteiger partial charge on any atom is 0.323 e. The highest BCUT2D eigenvalue weighted by atomic mass is 32.1. The molecule has 5 aromatic rings. The number of pyridine rings is 1. The van der Waals surface area contributed by atoms with Gasteiger partial charge in [0.2, 0.25) is 0 Å². The lowest BCUT2D eigenvalue weighted by molar-refractivity contribution is -0.147. The van der Waals surface area contributed by atoms with Crippen LogP contribution >= 0.6 is 11.3 Å². The molecule has 42 heavy (non-hydrogen) atoms. The van der Waals surface area contributed by atoms with Gasteiger partial charge in [-0.05, 0) is 41.3 Å². The number of thiophene rings is 1. The van der Waals surface area contributed by atoms with Gasteiger partial charge >= 0.3 is 18.0 Å². The first-order chi connectivity index (χ1) is 20.1. The molecule has 0 fully saturated rings. The van der Waals surface area contributed by atoms with Gasteiger partial charge in [0.05, 0.1) is 19.3 Å². The van der Waals surface area contributed by atoms with Crippen LogP contribution in [-0.2, 0) is 16.1 Å². The predicted octanol–water partition coefficient (Wildman–Crippen LogP) is 4.73. The number of anilines is 3. The molecule has 0 atom stereocenters. The fourth-order valence-electron chi connectivity index (χ4n) is 3.94. The van der Waals surface area contributed by atoms with E-state index in [0.717, 1.165) is 32.3 Å². The number of hydrogen-bond donors (Lipinski definition) is 6. The van der Waals surface area contributed by atoms with E-state index in [1.54, 1.807) is 46.6 Å². The van der Waals surface area contributed by atoms with Gasteiger partial charge in [-0.3, -0.25) is 14.3 Å². The second kappa shape index (κ2) is 13.3. The van der Waals surface area contributed by atoms with E-state index < -0.39 is 30.2 Å². The highest BCUT2D eigenvalue weighted by molar-refractivity contribution is 7.18. The molecule has 0 aliphatic rings. The van der Waals surface area contributed by atoms with Crippen molar-refractivity contribution in [2.75, 3.05) is 23.0 Å². The lowest BCUT2D eigenvalue weighted by Gasteiger charge is -2.09. The number of nitrogens with one attached hydrogen (secondary N) is 2. The van der Waals surface area contributed by atoms with Crippen molar-refractivity contribution in [3.05, 3.63) is 78.3 Å². The molecule has 7 N–H and O–H groups in total. The number of aliphatic hydroxyl groups excluding tert-OH is 1. The molecule has 0 radical (unpaired) electrons. The highest BCUT2D eigenvalue weighted by Crippen LogP contribution is 2.41. The van der Waals surface area contributed by atoms with Crippen LogP contribution in [0.3, 0.4) is 0 Å². The molecule has 12 nitrogen and oxygen atoms in total. The van der Waals surface area contributed by atoms with Gasteiger partial charge in [-0.2, -0.15) is 5.10 Å². The number of halogens is 1. The summed E-state index contributed by atoms with van der Waals surface area (Å²) in [4.78, 5) is 35.5. The summed E-state index contributed by atoms with van der Waals surface area (Å²) >= 11 is 1.57. The third-order valence-electron chi connectivity index (χ3n) is 5.74. The molecule has 0 aliphatic carbocycles. The van der Waals surface area contributed by atoms with Gasteiger partial charge in [-0.25, -0.2) is 14.2 Å². The zero-order valence-electron chi connectivity index (χ0n) is 21.8. The van der Waals surface area contributed by atoms with E-state index >= 15 is 0 Å². The van der Waals surface area contributed by atoms with Crippen LogP contribution in [0.15, 0.2) is 72.5 Å². The monoisotopic (exact) mass is 592 g/mol. The topological polar surface area (TPSA) is 193 Å². The Morgan fingerprint density at radius 1 is 0.952 bits per heavy atom. The molecule has 0 saturated heterocycles. The van der Waals surface area contributed by atoms with Gasteiger partial charge in [0, 0.05) is 50.5 Å². The molecule has 0 unspecified atom stereocenters. The minimum absolute atomic E-state index is 0.0109. The van der Waals surface area contributed by atoms with Crippen molar-refractivity contribution >= 4 is 56.6 Å². The van der Waals surface area contributed by atoms with Gasteiger partial charge in [0.1, 0.15) is 18.1 Å². The Kier molecular flexibility index (Phi) is 9.42. The Bertz CT molecular complexity index is 1720. The first-order valence-electron chi connectivity index (χ1n) is 12.3. The second-order valence-corrected chi connectivity index (χ2v) is 9.64. The lowest BCUT2D eigenvalue weighted by atomic mass is 10.0. The number of aliphatic carboxylic acids is 2. The summed E-state index contributed by atoms with van der Waals surface area (Å²) in [5, 5.41) is 37.1. The van der Waals surface area contributed by atoms with E-state index in [2.05, 4.69) is 20.7 Å². The van der Waals surface area contributed by atoms with E-state index in [4.69, 9.17) is 21.1 Å². The number of carboxylic acid groups (broad SMARTS) is 2. The summed E-state index contributed by atoms with van der Waals surface area (Å²) < 4.78 is 16.0. The third kappa shape index (κ3) is 7.44. The van der Waals surface area contributed by atoms with Crippen LogP contribution in [0.2, 0.25) is 0 Å². The summed E-state index contributed by atoms with van der Waals surface area (Å²) in [6.07, 6.45) is 4.55. The molecule has 0 saturated carbocycles. The summed E-state index contributed by atoms with van der Waals surface area (Å²) in [6.45, 7) is 0.429. The van der Waals surface area contributed by atoms with Crippen molar-refractivity contribution in [3.8, 4) is 22.3 Å². The largest absolute Gasteiger partial charge is 0.481 e. The third-order valence-corrected chi connectivity index (χ3v) is 6.75. The Hall–Kier alpha value is -5.34. The summed E-state index contributed by atoms with van der Waals surface area (Å²) in [7, 11) is 0. The minimum Gasteiger partial charge on any atom is -0.481 e. The summed E-state index contributed by atoms with van der Waals surface area (Å²) in [6, 6.07) is 12.6. The predicted molar refractivity (Wildman–Crippen MR) is 157 cm³/mol. The van der Waals surface area contributed by atoms with E-state index in [1.165, 1.54) is 18.2 Å². The minimum atomic E-state index is -1.31. The molecular weight excluding hydrogens is 567 g/mol. The first kappa shape index (κ1) is 29.6. The van der Waals surface area contributed by atoms with Gasteiger partial charge in [0.25, 0.3) is 0 Å². The molecule has 0 bridgehead atoms. The number of nitrogens with two attached hydrogens (primary N) is 1. The normalized spacial score (nSPS) is 10.5. The Morgan fingerprint density at radius 3 is 2.31 bits per heavy atom. The van der Waals surface area contributed by atoms with Crippen LogP contribution in [-0.4, -0.2) is 54.7 Å². The molecule has 2 amide bonds. The number of carbonyl (C=O) groups is 3. The van der Waals surface area contributed by atoms with Crippen LogP contribution in [0.5, 0.6) is 0 Å². The van der Waals surface area contributed by atoms with Crippen LogP contribution in [0.1, 0.15) is 6.42 Å². The van der Waals surface area contributed by atoms with Crippen LogP contribution in [0.25, 0.3) is 32.3 Å². The average molecular weight is 593 g/mol. The standard InChI is InChI=1S/C25H21FN6O2S.C3H4O4/c26-17-2-1-3-19(10-17)31-25(34)30-18-6-4-15(5-7-18)21-14-35-23-20(12-28-24(27)22(21)23)16-11-29-32(13-16)8-9-33;4-2(5)1-3(6)7/h1-7,10-14,33H,8-9H2,(H2,27,28)(H2,30,31,34);1H2,(H,4,5)(H,6,7). The molecule has 3 heterocycles. The second-order valence-electron chi connectivity index (χ2n) is 8.76. The molecular formula is C28H25FN6O6S. The fourth-order valence-corrected chi connectivity index (χ4v) is 5.05. The number of rotatable bonds is 8. The lowest BCUT2D eigenvalue weighted by Crippen LogP contribution is -2.19. The number of carboxylic acids is 2. The van der Waals surface area contributed by atoms with Crippen molar-refractivity contribution in [2.45, 2.75) is 13.0 Å². The average Bonchev–Trinajstić information content (AvgIpc) is 3.58. The number of urea groups is 1. The smallest absolute Gasteiger partial charge is 0.323 e. The van der Waals surface area contributed by atoms with Crippen molar-refractivity contribution in [3.63, 3.8) is 0 Å². The van der Waals surface area contributed by atoms with Crippen molar-refractivity contribution in [1.82, 2.24) is 14.8 Å². The summed E-state index contributed by atoms with van der Waals surface area (Å²) in [5.74, 6) is -2.62. The number of carbonyl (C=O) groups excluding carboxylic acids is 1. The Labute approximate surface area is 241 Å². The van der Waals surface area contributed by atoms with E-state index in [0.29, 0.717) is 23.7 Å². The SMILES string of the molecule is Nc1ncc(-c2cnn(CCO)c2)c2scc(-c3ccc(NC(=O)Nc4cccc(F)c4)cc3)c12.O=C(O)CC(=O)O. The maximum absolute atomic E-state index is 13.3. The van der Waals surface area contributed by atoms with Crippen molar-refractivity contribution in [2.24, 2.45) is 0 Å². The number of aromatic nitrogens is 3.